The van der Waals surface area contributed by atoms with E-state index >= 15 is 0 Å². The second-order valence-corrected chi connectivity index (χ2v) is 8.26. The van der Waals surface area contributed by atoms with Crippen molar-refractivity contribution in [3.8, 4) is 5.75 Å². The maximum atomic E-state index is 13.3. The molecular formula is C25H28N4O4. The maximum absolute atomic E-state index is 13.3. The Morgan fingerprint density at radius 3 is 2.27 bits per heavy atom. The fourth-order valence-electron chi connectivity index (χ4n) is 4.15. The number of carbonyl (C=O) groups is 3. The molecule has 0 bridgehead atoms. The molecule has 3 amide bonds. The van der Waals surface area contributed by atoms with E-state index in [1.165, 1.54) is 14.8 Å². The predicted octanol–water partition coefficient (Wildman–Crippen LogP) is 2.37. The molecule has 0 unspecified atom stereocenters. The Kier molecular flexibility index (Phi) is 6.44. The molecule has 1 atom stereocenters. The largest absolute Gasteiger partial charge is 0.497 e. The molecular weight excluding hydrogens is 420 g/mol. The Labute approximate surface area is 193 Å². The number of hydrogen-bond donors (Lipinski definition) is 0. The number of piperazine rings is 1. The first-order chi connectivity index (χ1) is 15.9. The smallest absolute Gasteiger partial charge is 0.312 e. The zero-order valence-corrected chi connectivity index (χ0v) is 19.2. The van der Waals surface area contributed by atoms with Crippen LogP contribution in [0.25, 0.3) is 0 Å². The lowest BCUT2D eigenvalue weighted by molar-refractivity contribution is -0.157. The molecule has 0 aliphatic carbocycles. The van der Waals surface area contributed by atoms with Crippen LogP contribution in [0.15, 0.2) is 53.6 Å². The van der Waals surface area contributed by atoms with Gasteiger partial charge in [0.15, 0.2) is 0 Å². The van der Waals surface area contributed by atoms with Gasteiger partial charge in [-0.3, -0.25) is 14.4 Å². The summed E-state index contributed by atoms with van der Waals surface area (Å²) in [7, 11) is 1.61. The summed E-state index contributed by atoms with van der Waals surface area (Å²) in [6.45, 7) is 4.91. The van der Waals surface area contributed by atoms with E-state index in [-0.39, 0.29) is 18.5 Å². The number of methoxy groups -OCH3 is 1. The Hall–Kier alpha value is -3.68. The first-order valence-corrected chi connectivity index (χ1v) is 11.1. The lowest BCUT2D eigenvalue weighted by Gasteiger charge is -2.33. The average Bonchev–Trinajstić information content (AvgIpc) is 3.28. The topological polar surface area (TPSA) is 82.5 Å². The quantitative estimate of drug-likeness (QED) is 0.636. The van der Waals surface area contributed by atoms with Gasteiger partial charge in [-0.1, -0.05) is 29.8 Å². The van der Waals surface area contributed by atoms with Gasteiger partial charge in [0.1, 0.15) is 12.3 Å². The second-order valence-electron chi connectivity index (χ2n) is 8.26. The lowest BCUT2D eigenvalue weighted by Crippen LogP contribution is -2.56. The van der Waals surface area contributed by atoms with Crippen LogP contribution in [0.5, 0.6) is 5.75 Å². The molecule has 0 N–H and O–H groups in total. The number of likely N-dealkylation sites (N-methyl/N-ethyl adjacent to an activating group) is 1. The van der Waals surface area contributed by atoms with Crippen LogP contribution in [0.2, 0.25) is 0 Å². The molecule has 8 heteroatoms. The molecule has 2 aliphatic rings. The van der Waals surface area contributed by atoms with Gasteiger partial charge < -0.3 is 14.5 Å². The number of nitrogens with zero attached hydrogens (tertiary/aromatic N) is 4. The molecule has 0 spiro atoms. The number of benzene rings is 2. The van der Waals surface area contributed by atoms with Crippen molar-refractivity contribution in [3.63, 3.8) is 0 Å². The highest BCUT2D eigenvalue weighted by Crippen LogP contribution is 2.33. The van der Waals surface area contributed by atoms with Crippen LogP contribution in [-0.4, -0.2) is 71.5 Å². The monoisotopic (exact) mass is 448 g/mol. The Balaban J connectivity index is 1.58. The third-order valence-electron chi connectivity index (χ3n) is 6.16. The number of hydrogen-bond acceptors (Lipinski definition) is 5. The molecule has 0 aromatic heterocycles. The van der Waals surface area contributed by atoms with Crippen molar-refractivity contribution in [2.75, 3.05) is 33.3 Å². The average molecular weight is 449 g/mol. The number of ether oxygens (including phenoxy) is 1. The Bertz CT molecular complexity index is 1080. The molecule has 1 saturated heterocycles. The van der Waals surface area contributed by atoms with E-state index in [2.05, 4.69) is 5.10 Å². The van der Waals surface area contributed by atoms with Gasteiger partial charge in [0.05, 0.1) is 18.9 Å². The van der Waals surface area contributed by atoms with Crippen molar-refractivity contribution >= 4 is 23.4 Å². The minimum Gasteiger partial charge on any atom is -0.497 e. The maximum Gasteiger partial charge on any atom is 0.312 e. The molecule has 0 saturated carbocycles. The lowest BCUT2D eigenvalue weighted by atomic mass is 9.97. The van der Waals surface area contributed by atoms with Crippen LogP contribution in [0.3, 0.4) is 0 Å². The summed E-state index contributed by atoms with van der Waals surface area (Å²) in [6.07, 6.45) is 0.553. The number of carbonyl (C=O) groups excluding carboxylic acids is 3. The first kappa shape index (κ1) is 22.5. The molecule has 2 aromatic carbocycles. The van der Waals surface area contributed by atoms with Gasteiger partial charge in [0.2, 0.25) is 0 Å². The zero-order valence-electron chi connectivity index (χ0n) is 19.2. The van der Waals surface area contributed by atoms with Crippen LogP contribution in [0.4, 0.5) is 0 Å². The van der Waals surface area contributed by atoms with Gasteiger partial charge in [-0.15, -0.1) is 0 Å². The van der Waals surface area contributed by atoms with E-state index in [1.54, 1.807) is 7.11 Å². The Morgan fingerprint density at radius 1 is 1.00 bits per heavy atom. The van der Waals surface area contributed by atoms with E-state index in [4.69, 9.17) is 4.74 Å². The molecule has 172 valence electrons. The van der Waals surface area contributed by atoms with Gasteiger partial charge in [-0.05, 0) is 49.2 Å². The molecule has 1 fully saturated rings. The fourth-order valence-corrected chi connectivity index (χ4v) is 4.15. The van der Waals surface area contributed by atoms with Gasteiger partial charge in [0, 0.05) is 26.1 Å². The molecule has 2 aliphatic heterocycles. The van der Waals surface area contributed by atoms with Crippen molar-refractivity contribution < 1.29 is 19.1 Å². The van der Waals surface area contributed by atoms with Crippen LogP contribution in [0.1, 0.15) is 36.1 Å². The molecule has 33 heavy (non-hydrogen) atoms. The molecule has 4 rings (SSSR count). The van der Waals surface area contributed by atoms with Crippen molar-refractivity contribution in [1.82, 2.24) is 14.8 Å². The van der Waals surface area contributed by atoms with Gasteiger partial charge in [-0.2, -0.15) is 5.10 Å². The normalized spacial score (nSPS) is 18.6. The summed E-state index contributed by atoms with van der Waals surface area (Å²) in [5.41, 5.74) is 3.80. The summed E-state index contributed by atoms with van der Waals surface area (Å²) in [4.78, 5) is 40.9. The highest BCUT2D eigenvalue weighted by Gasteiger charge is 2.37. The number of hydrazone groups is 1. The summed E-state index contributed by atoms with van der Waals surface area (Å²) in [5, 5.41) is 6.13. The second kappa shape index (κ2) is 9.44. The summed E-state index contributed by atoms with van der Waals surface area (Å²) < 4.78 is 5.24. The summed E-state index contributed by atoms with van der Waals surface area (Å²) in [6, 6.07) is 15.3. The van der Waals surface area contributed by atoms with Gasteiger partial charge in [-0.25, -0.2) is 5.01 Å². The van der Waals surface area contributed by atoms with E-state index < -0.39 is 11.8 Å². The third-order valence-corrected chi connectivity index (χ3v) is 6.16. The standard InChI is InChI=1S/C25H28N4O4/c1-4-27-13-14-28(25(32)24(27)31)16-23(30)29-22(19-7-5-17(2)6-8-19)15-21(26-29)18-9-11-20(33-3)12-10-18/h5-12,22H,4,13-16H2,1-3H3/t22-/m0/s1. The SMILES string of the molecule is CCN1CCN(CC(=O)N2N=C(c3ccc(OC)cc3)C[C@H]2c2ccc(C)cc2)C(=O)C1=O. The van der Waals surface area contributed by atoms with E-state index in [9.17, 15) is 14.4 Å². The molecule has 2 heterocycles. The number of amides is 3. The van der Waals surface area contributed by atoms with Crippen LogP contribution in [0, 0.1) is 6.92 Å². The van der Waals surface area contributed by atoms with Crippen molar-refractivity contribution in [2.45, 2.75) is 26.3 Å². The first-order valence-electron chi connectivity index (χ1n) is 11.1. The summed E-state index contributed by atoms with van der Waals surface area (Å²) in [5.74, 6) is -0.762. The predicted molar refractivity (Wildman–Crippen MR) is 124 cm³/mol. The van der Waals surface area contributed by atoms with Crippen molar-refractivity contribution in [3.05, 3.63) is 65.2 Å². The zero-order chi connectivity index (χ0) is 23.5. The fraction of sp³-hybridized carbons (Fsp3) is 0.360. The van der Waals surface area contributed by atoms with Crippen molar-refractivity contribution in [2.24, 2.45) is 5.10 Å². The van der Waals surface area contributed by atoms with Crippen LogP contribution in [-0.2, 0) is 14.4 Å². The summed E-state index contributed by atoms with van der Waals surface area (Å²) >= 11 is 0. The van der Waals surface area contributed by atoms with E-state index in [0.29, 0.717) is 26.1 Å². The highest BCUT2D eigenvalue weighted by atomic mass is 16.5. The van der Waals surface area contributed by atoms with Gasteiger partial charge >= 0.3 is 11.8 Å². The highest BCUT2D eigenvalue weighted by molar-refractivity contribution is 6.35. The van der Waals surface area contributed by atoms with Crippen LogP contribution < -0.4 is 4.74 Å². The van der Waals surface area contributed by atoms with Crippen molar-refractivity contribution in [1.29, 1.82) is 0 Å². The number of rotatable bonds is 6. The van der Waals surface area contributed by atoms with E-state index in [1.807, 2.05) is 62.4 Å². The van der Waals surface area contributed by atoms with Gasteiger partial charge in [0.25, 0.3) is 5.91 Å². The molecule has 2 aromatic rings. The minimum atomic E-state index is -0.637. The van der Waals surface area contributed by atoms with Crippen LogP contribution >= 0.6 is 0 Å². The third kappa shape index (κ3) is 4.60. The van der Waals surface area contributed by atoms with E-state index in [0.717, 1.165) is 28.2 Å². The minimum absolute atomic E-state index is 0.177. The number of aryl methyl sites for hydroxylation is 1. The Morgan fingerprint density at radius 2 is 1.64 bits per heavy atom. The molecule has 0 radical (unpaired) electrons. The molecule has 8 nitrogen and oxygen atoms in total.